The highest BCUT2D eigenvalue weighted by Gasteiger charge is 1.98. The first kappa shape index (κ1) is 13.9. The molecule has 0 fully saturated rings. The number of hydrogen-bond donors (Lipinski definition) is 1. The lowest BCUT2D eigenvalue weighted by Gasteiger charge is -2.05. The molecule has 0 atom stereocenters. The van der Waals surface area contributed by atoms with E-state index in [1.165, 1.54) is 11.6 Å². The third-order valence-corrected chi connectivity index (χ3v) is 2.85. The summed E-state index contributed by atoms with van der Waals surface area (Å²) in [5, 5.41) is 8.45. The number of carboxylic acids is 1. The van der Waals surface area contributed by atoms with Crippen LogP contribution in [0.2, 0.25) is 0 Å². The second-order valence-electron chi connectivity index (χ2n) is 4.44. The summed E-state index contributed by atoms with van der Waals surface area (Å²) in [5.41, 5.74) is 3.52. The molecule has 0 saturated carbocycles. The molecule has 0 radical (unpaired) electrons. The zero-order valence-corrected chi connectivity index (χ0v) is 11.2. The highest BCUT2D eigenvalue weighted by atomic mass is 16.5. The Kier molecular flexibility index (Phi) is 4.56. The number of hydrogen-bond acceptors (Lipinski definition) is 2. The van der Waals surface area contributed by atoms with Gasteiger partial charge in [-0.05, 0) is 36.3 Å². The van der Waals surface area contributed by atoms with E-state index in [2.05, 4.69) is 31.2 Å². The zero-order valence-electron chi connectivity index (χ0n) is 11.2. The number of carboxylic acid groups (broad SMARTS) is 1. The van der Waals surface area contributed by atoms with Crippen molar-refractivity contribution in [3.05, 3.63) is 66.2 Å². The van der Waals surface area contributed by atoms with E-state index in [0.717, 1.165) is 23.0 Å². The average molecular weight is 268 g/mol. The Morgan fingerprint density at radius 1 is 1.05 bits per heavy atom. The van der Waals surface area contributed by atoms with Gasteiger partial charge in [-0.2, -0.15) is 0 Å². The van der Waals surface area contributed by atoms with E-state index in [1.807, 2.05) is 24.3 Å². The fourth-order valence-corrected chi connectivity index (χ4v) is 1.78. The lowest BCUT2D eigenvalue weighted by molar-refractivity contribution is -0.131. The van der Waals surface area contributed by atoms with Gasteiger partial charge in [0.2, 0.25) is 0 Å². The second kappa shape index (κ2) is 6.57. The molecular formula is C17H16O3. The van der Waals surface area contributed by atoms with Crippen molar-refractivity contribution in [2.75, 3.05) is 6.61 Å². The summed E-state index contributed by atoms with van der Waals surface area (Å²) in [7, 11) is 0. The number of benzene rings is 2. The van der Waals surface area contributed by atoms with Crippen molar-refractivity contribution in [2.45, 2.75) is 6.92 Å². The molecule has 0 bridgehead atoms. The predicted octanol–water partition coefficient (Wildman–Crippen LogP) is 3.68. The van der Waals surface area contributed by atoms with Gasteiger partial charge in [-0.15, -0.1) is 0 Å². The normalized spacial score (nSPS) is 10.7. The van der Waals surface area contributed by atoms with Crippen LogP contribution in [0.5, 0.6) is 5.75 Å². The lowest BCUT2D eigenvalue weighted by atomic mass is 10.0. The molecule has 0 aliphatic heterocycles. The highest BCUT2D eigenvalue weighted by Crippen LogP contribution is 2.22. The van der Waals surface area contributed by atoms with Crippen LogP contribution in [0, 0.1) is 6.92 Å². The van der Waals surface area contributed by atoms with Crippen molar-refractivity contribution in [3.63, 3.8) is 0 Å². The lowest BCUT2D eigenvalue weighted by Crippen LogP contribution is -1.95. The number of rotatable bonds is 5. The Bertz CT molecular complexity index is 595. The van der Waals surface area contributed by atoms with E-state index >= 15 is 0 Å². The monoisotopic (exact) mass is 268 g/mol. The van der Waals surface area contributed by atoms with E-state index in [9.17, 15) is 4.79 Å². The maximum atomic E-state index is 10.3. The van der Waals surface area contributed by atoms with Crippen LogP contribution in [0.4, 0.5) is 0 Å². The molecule has 3 nitrogen and oxygen atoms in total. The molecule has 3 heteroatoms. The van der Waals surface area contributed by atoms with Gasteiger partial charge in [-0.25, -0.2) is 4.79 Å². The molecule has 0 aliphatic rings. The Labute approximate surface area is 118 Å². The first-order valence-corrected chi connectivity index (χ1v) is 6.34. The van der Waals surface area contributed by atoms with Gasteiger partial charge in [0.1, 0.15) is 12.4 Å². The summed E-state index contributed by atoms with van der Waals surface area (Å²) in [4.78, 5) is 10.3. The van der Waals surface area contributed by atoms with Gasteiger partial charge >= 0.3 is 5.97 Å². The zero-order chi connectivity index (χ0) is 14.4. The molecule has 0 saturated heterocycles. The summed E-state index contributed by atoms with van der Waals surface area (Å²) in [5.74, 6) is -0.251. The molecule has 0 aromatic heterocycles. The van der Waals surface area contributed by atoms with E-state index in [0.29, 0.717) is 0 Å². The van der Waals surface area contributed by atoms with Crippen molar-refractivity contribution in [1.82, 2.24) is 0 Å². The largest absolute Gasteiger partial charge is 0.490 e. The first-order chi connectivity index (χ1) is 9.65. The van der Waals surface area contributed by atoms with Crippen molar-refractivity contribution in [1.29, 1.82) is 0 Å². The van der Waals surface area contributed by atoms with Gasteiger partial charge in [0.25, 0.3) is 0 Å². The highest BCUT2D eigenvalue weighted by molar-refractivity contribution is 5.79. The van der Waals surface area contributed by atoms with Gasteiger partial charge in [0, 0.05) is 6.08 Å². The number of ether oxygens (including phenoxy) is 1. The Morgan fingerprint density at radius 2 is 1.60 bits per heavy atom. The number of aryl methyl sites for hydroxylation is 1. The van der Waals surface area contributed by atoms with Crippen molar-refractivity contribution < 1.29 is 14.6 Å². The predicted molar refractivity (Wildman–Crippen MR) is 78.9 cm³/mol. The van der Waals surface area contributed by atoms with Crippen LogP contribution in [0.25, 0.3) is 11.1 Å². The van der Waals surface area contributed by atoms with Gasteiger partial charge in [0.05, 0.1) is 0 Å². The molecule has 2 rings (SSSR count). The van der Waals surface area contributed by atoms with E-state index in [4.69, 9.17) is 9.84 Å². The molecule has 20 heavy (non-hydrogen) atoms. The average Bonchev–Trinajstić information content (AvgIpc) is 2.45. The van der Waals surface area contributed by atoms with Crippen LogP contribution < -0.4 is 4.74 Å². The van der Waals surface area contributed by atoms with Crippen LogP contribution in [-0.4, -0.2) is 17.7 Å². The van der Waals surface area contributed by atoms with Gasteiger partial charge in [-0.1, -0.05) is 42.0 Å². The van der Waals surface area contributed by atoms with Gasteiger partial charge in [-0.3, -0.25) is 0 Å². The Balaban J connectivity index is 1.99. The standard InChI is InChI=1S/C17H16O3/c1-13-4-6-14(7-5-13)15-8-10-16(11-9-15)20-12-2-3-17(18)19/h2-11H,12H2,1H3,(H,18,19). The summed E-state index contributed by atoms with van der Waals surface area (Å²) in [6, 6.07) is 16.1. The fourth-order valence-electron chi connectivity index (χ4n) is 1.78. The fraction of sp³-hybridized carbons (Fsp3) is 0.118. The van der Waals surface area contributed by atoms with Crippen LogP contribution >= 0.6 is 0 Å². The van der Waals surface area contributed by atoms with Crippen LogP contribution in [0.15, 0.2) is 60.7 Å². The van der Waals surface area contributed by atoms with Crippen molar-refractivity contribution in [3.8, 4) is 16.9 Å². The minimum Gasteiger partial charge on any atom is -0.490 e. The molecule has 2 aromatic carbocycles. The molecule has 0 spiro atoms. The topological polar surface area (TPSA) is 46.5 Å². The maximum absolute atomic E-state index is 10.3. The van der Waals surface area contributed by atoms with Crippen LogP contribution in [-0.2, 0) is 4.79 Å². The first-order valence-electron chi connectivity index (χ1n) is 6.34. The smallest absolute Gasteiger partial charge is 0.328 e. The molecule has 0 amide bonds. The van der Waals surface area contributed by atoms with Gasteiger partial charge < -0.3 is 9.84 Å². The van der Waals surface area contributed by atoms with E-state index in [-0.39, 0.29) is 6.61 Å². The molecule has 102 valence electrons. The Hall–Kier alpha value is -2.55. The summed E-state index contributed by atoms with van der Waals surface area (Å²) in [6.07, 6.45) is 2.54. The molecular weight excluding hydrogens is 252 g/mol. The van der Waals surface area contributed by atoms with E-state index in [1.54, 1.807) is 0 Å². The number of aliphatic carboxylic acids is 1. The second-order valence-corrected chi connectivity index (χ2v) is 4.44. The molecule has 0 heterocycles. The number of carbonyl (C=O) groups is 1. The Morgan fingerprint density at radius 3 is 2.15 bits per heavy atom. The maximum Gasteiger partial charge on any atom is 0.328 e. The molecule has 1 N–H and O–H groups in total. The van der Waals surface area contributed by atoms with E-state index < -0.39 is 5.97 Å². The minimum atomic E-state index is -0.969. The van der Waals surface area contributed by atoms with Crippen LogP contribution in [0.3, 0.4) is 0 Å². The van der Waals surface area contributed by atoms with Gasteiger partial charge in [0.15, 0.2) is 0 Å². The summed E-state index contributed by atoms with van der Waals surface area (Å²) >= 11 is 0. The summed E-state index contributed by atoms with van der Waals surface area (Å²) < 4.78 is 5.42. The van der Waals surface area contributed by atoms with Crippen molar-refractivity contribution >= 4 is 5.97 Å². The molecule has 0 aliphatic carbocycles. The third kappa shape index (κ3) is 3.99. The van der Waals surface area contributed by atoms with Crippen molar-refractivity contribution in [2.24, 2.45) is 0 Å². The quantitative estimate of drug-likeness (QED) is 0.841. The third-order valence-electron chi connectivity index (χ3n) is 2.85. The molecule has 2 aromatic rings. The minimum absolute atomic E-state index is 0.246. The summed E-state index contributed by atoms with van der Waals surface area (Å²) in [6.45, 7) is 2.31. The SMILES string of the molecule is Cc1ccc(-c2ccc(OCC=CC(=O)O)cc2)cc1. The van der Waals surface area contributed by atoms with Crippen LogP contribution in [0.1, 0.15) is 5.56 Å². The molecule has 0 unspecified atom stereocenters.